The van der Waals surface area contributed by atoms with Gasteiger partial charge in [0.25, 0.3) is 5.88 Å². The summed E-state index contributed by atoms with van der Waals surface area (Å²) in [5.74, 6) is 0.994. The summed E-state index contributed by atoms with van der Waals surface area (Å²) in [7, 11) is 0. The van der Waals surface area contributed by atoms with Crippen LogP contribution in [0.2, 0.25) is 0 Å². The molecule has 0 saturated heterocycles. The summed E-state index contributed by atoms with van der Waals surface area (Å²) >= 11 is 0. The van der Waals surface area contributed by atoms with Gasteiger partial charge in [-0.25, -0.2) is 24.3 Å². The molecule has 4 aromatic rings. The number of aromatic nitrogens is 5. The number of hydrogen-bond donors (Lipinski definition) is 2. The number of aryl methyl sites for hydroxylation is 1. The molecule has 1 aromatic carbocycles. The van der Waals surface area contributed by atoms with Crippen molar-refractivity contribution in [3.63, 3.8) is 0 Å². The van der Waals surface area contributed by atoms with Crippen LogP contribution in [0.1, 0.15) is 12.6 Å². The Hall–Kier alpha value is -4.18. The van der Waals surface area contributed by atoms with Gasteiger partial charge in [-0.15, -0.1) is 0 Å². The third-order valence-corrected chi connectivity index (χ3v) is 4.93. The molecule has 0 bridgehead atoms. The van der Waals surface area contributed by atoms with Crippen LogP contribution in [-0.4, -0.2) is 44.1 Å². The average molecular weight is 463 g/mol. The van der Waals surface area contributed by atoms with E-state index in [2.05, 4.69) is 42.1 Å². The van der Waals surface area contributed by atoms with Gasteiger partial charge in [-0.2, -0.15) is 0 Å². The van der Waals surface area contributed by atoms with Gasteiger partial charge < -0.3 is 20.1 Å². The fourth-order valence-electron chi connectivity index (χ4n) is 3.05. The predicted octanol–water partition coefficient (Wildman–Crippen LogP) is 3.31. The number of nitrogens with two attached hydrogens (primary N) is 1. The highest BCUT2D eigenvalue weighted by Gasteiger charge is 2.12. The van der Waals surface area contributed by atoms with E-state index in [0.717, 1.165) is 12.2 Å². The Morgan fingerprint density at radius 1 is 1.09 bits per heavy atom. The smallest absolute Gasteiger partial charge is 0.256 e. The van der Waals surface area contributed by atoms with Crippen molar-refractivity contribution in [3.8, 4) is 17.4 Å². The molecular weight excluding hydrogens is 437 g/mol. The van der Waals surface area contributed by atoms with Crippen LogP contribution in [-0.2, 0) is 0 Å². The van der Waals surface area contributed by atoms with Crippen LogP contribution in [0.5, 0.6) is 17.4 Å². The molecule has 0 fully saturated rings. The molecule has 1 unspecified atom stereocenters. The molecule has 3 heterocycles. The van der Waals surface area contributed by atoms with Crippen molar-refractivity contribution in [3.05, 3.63) is 73.3 Å². The van der Waals surface area contributed by atoms with Gasteiger partial charge in [-0.3, -0.25) is 4.98 Å². The second-order valence-electron chi connectivity index (χ2n) is 7.60. The van der Waals surface area contributed by atoms with Gasteiger partial charge in [0, 0.05) is 11.5 Å². The number of quaternary nitrogens is 1. The van der Waals surface area contributed by atoms with Crippen LogP contribution in [0.3, 0.4) is 0 Å². The van der Waals surface area contributed by atoms with E-state index in [1.54, 1.807) is 30.6 Å². The SMILES string of the molecule is C=CC(C)[NH2+]CCOc1cnc(Oc2ccc3ncnc(Nc4cnc(C)cn4)c3c2)c(F)c1. The number of hydrogen-bond acceptors (Lipinski definition) is 8. The van der Waals surface area contributed by atoms with Crippen LogP contribution in [0.25, 0.3) is 10.9 Å². The molecule has 0 radical (unpaired) electrons. The molecule has 9 nitrogen and oxygen atoms in total. The highest BCUT2D eigenvalue weighted by atomic mass is 19.1. The number of nitrogens with one attached hydrogen (secondary N) is 1. The van der Waals surface area contributed by atoms with Gasteiger partial charge >= 0.3 is 0 Å². The molecule has 34 heavy (non-hydrogen) atoms. The number of benzene rings is 1. The minimum absolute atomic E-state index is 0.158. The van der Waals surface area contributed by atoms with E-state index in [0.29, 0.717) is 46.7 Å². The molecule has 174 valence electrons. The van der Waals surface area contributed by atoms with Gasteiger partial charge in [0.2, 0.25) is 0 Å². The van der Waals surface area contributed by atoms with Gasteiger partial charge in [0.15, 0.2) is 5.82 Å². The maximum Gasteiger partial charge on any atom is 0.256 e. The van der Waals surface area contributed by atoms with Gasteiger partial charge in [-0.05, 0) is 38.1 Å². The average Bonchev–Trinajstić information content (AvgIpc) is 2.85. The van der Waals surface area contributed by atoms with Crippen LogP contribution < -0.4 is 20.1 Å². The number of ether oxygens (including phenoxy) is 2. The van der Waals surface area contributed by atoms with Crippen molar-refractivity contribution < 1.29 is 19.2 Å². The number of rotatable bonds is 10. The Bertz CT molecular complexity index is 1280. The molecule has 1 atom stereocenters. The minimum atomic E-state index is -0.626. The predicted molar refractivity (Wildman–Crippen MR) is 126 cm³/mol. The van der Waals surface area contributed by atoms with Crippen LogP contribution in [0, 0.1) is 12.7 Å². The highest BCUT2D eigenvalue weighted by molar-refractivity contribution is 5.91. The Kier molecular flexibility index (Phi) is 7.19. The topological polar surface area (TPSA) is 112 Å². The summed E-state index contributed by atoms with van der Waals surface area (Å²) < 4.78 is 25.9. The van der Waals surface area contributed by atoms with Crippen LogP contribution in [0.4, 0.5) is 16.0 Å². The summed E-state index contributed by atoms with van der Waals surface area (Å²) in [4.78, 5) is 21.1. The third kappa shape index (κ3) is 5.78. The number of anilines is 2. The van der Waals surface area contributed by atoms with Crippen molar-refractivity contribution >= 4 is 22.5 Å². The molecule has 0 spiro atoms. The highest BCUT2D eigenvalue weighted by Crippen LogP contribution is 2.30. The molecule has 0 aliphatic rings. The zero-order valence-electron chi connectivity index (χ0n) is 18.9. The summed E-state index contributed by atoms with van der Waals surface area (Å²) in [5.41, 5.74) is 1.49. The Labute approximate surface area is 196 Å². The maximum atomic E-state index is 14.6. The summed E-state index contributed by atoms with van der Waals surface area (Å²) in [6.07, 6.45) is 8.00. The molecule has 0 aliphatic heterocycles. The zero-order chi connectivity index (χ0) is 23.9. The van der Waals surface area contributed by atoms with Gasteiger partial charge in [0.05, 0.1) is 29.8 Å². The van der Waals surface area contributed by atoms with E-state index >= 15 is 0 Å². The first-order valence-corrected chi connectivity index (χ1v) is 10.7. The van der Waals surface area contributed by atoms with Crippen LogP contribution >= 0.6 is 0 Å². The molecule has 10 heteroatoms. The van der Waals surface area contributed by atoms with Crippen molar-refractivity contribution in [2.45, 2.75) is 19.9 Å². The molecular formula is C24H25FN7O2+. The lowest BCUT2D eigenvalue weighted by Gasteiger charge is -2.11. The van der Waals surface area contributed by atoms with Crippen LogP contribution in [0.15, 0.2) is 61.8 Å². The van der Waals surface area contributed by atoms with E-state index < -0.39 is 5.82 Å². The first-order valence-electron chi connectivity index (χ1n) is 10.7. The normalized spacial score (nSPS) is 11.7. The lowest BCUT2D eigenvalue weighted by Crippen LogP contribution is -2.89. The Morgan fingerprint density at radius 2 is 1.97 bits per heavy atom. The van der Waals surface area contributed by atoms with E-state index in [4.69, 9.17) is 9.47 Å². The van der Waals surface area contributed by atoms with E-state index in [1.165, 1.54) is 18.6 Å². The molecule has 3 N–H and O–H groups in total. The third-order valence-electron chi connectivity index (χ3n) is 4.93. The quantitative estimate of drug-likeness (QED) is 0.273. The van der Waals surface area contributed by atoms with Crippen molar-refractivity contribution in [2.75, 3.05) is 18.5 Å². The second kappa shape index (κ2) is 10.6. The van der Waals surface area contributed by atoms with E-state index in [-0.39, 0.29) is 5.88 Å². The summed E-state index contributed by atoms with van der Waals surface area (Å²) in [6, 6.07) is 6.71. The summed E-state index contributed by atoms with van der Waals surface area (Å²) in [5, 5.41) is 5.87. The summed E-state index contributed by atoms with van der Waals surface area (Å²) in [6.45, 7) is 8.77. The van der Waals surface area contributed by atoms with Crippen molar-refractivity contribution in [1.82, 2.24) is 24.9 Å². The number of halogens is 1. The standard InChI is InChI=1S/C24H24FN7O2/c1-4-15(2)26-7-8-33-18-10-20(25)24(29-12-18)34-17-5-6-21-19(9-17)23(31-14-30-21)32-22-13-27-16(3)11-28-22/h4-6,9-15,26H,1,7-8H2,2-3H3,(H,28,30,31,32)/p+1. The fourth-order valence-corrected chi connectivity index (χ4v) is 3.05. The zero-order valence-corrected chi connectivity index (χ0v) is 18.9. The molecule has 0 aliphatic carbocycles. The molecule has 0 amide bonds. The molecule has 3 aromatic heterocycles. The largest absolute Gasteiger partial charge is 0.486 e. The molecule has 4 rings (SSSR count). The monoisotopic (exact) mass is 462 g/mol. The van der Waals surface area contributed by atoms with E-state index in [9.17, 15) is 4.39 Å². The first-order chi connectivity index (χ1) is 16.5. The lowest BCUT2D eigenvalue weighted by atomic mass is 10.2. The van der Waals surface area contributed by atoms with Gasteiger partial charge in [-0.1, -0.05) is 6.58 Å². The van der Waals surface area contributed by atoms with Crippen molar-refractivity contribution in [2.24, 2.45) is 0 Å². The second-order valence-corrected chi connectivity index (χ2v) is 7.60. The number of pyridine rings is 1. The fraction of sp³-hybridized carbons (Fsp3) is 0.208. The lowest BCUT2D eigenvalue weighted by molar-refractivity contribution is -0.676. The number of nitrogens with zero attached hydrogens (tertiary/aromatic N) is 5. The van der Waals surface area contributed by atoms with Crippen molar-refractivity contribution in [1.29, 1.82) is 0 Å². The first kappa shape index (κ1) is 23.0. The minimum Gasteiger partial charge on any atom is -0.486 e. The Balaban J connectivity index is 1.47. The molecule has 0 saturated carbocycles. The Morgan fingerprint density at radius 3 is 2.74 bits per heavy atom. The van der Waals surface area contributed by atoms with E-state index in [1.807, 2.05) is 19.9 Å². The van der Waals surface area contributed by atoms with Gasteiger partial charge in [0.1, 0.15) is 48.7 Å². The number of fused-ring (bicyclic) bond motifs is 1. The maximum absolute atomic E-state index is 14.6.